The van der Waals surface area contributed by atoms with Gasteiger partial charge in [0.25, 0.3) is 0 Å². The summed E-state index contributed by atoms with van der Waals surface area (Å²) in [4.78, 5) is 24.1. The van der Waals surface area contributed by atoms with Crippen molar-refractivity contribution in [2.75, 3.05) is 19.6 Å². The van der Waals surface area contributed by atoms with Crippen molar-refractivity contribution in [2.45, 2.75) is 25.7 Å². The number of nitrogens with one attached hydrogen (secondary N) is 1. The summed E-state index contributed by atoms with van der Waals surface area (Å²) in [5.74, 6) is -0.472. The molecule has 0 radical (unpaired) electrons. The highest BCUT2D eigenvalue weighted by molar-refractivity contribution is 9.11. The lowest BCUT2D eigenvalue weighted by atomic mass is 9.93. The summed E-state index contributed by atoms with van der Waals surface area (Å²) in [6.45, 7) is 5.45. The molecule has 0 aromatic rings. The molecular weight excluding hydrogens is 300 g/mol. The number of hydrogen-bond acceptors (Lipinski definition) is 2. The molecule has 2 amide bonds. The van der Waals surface area contributed by atoms with E-state index in [2.05, 4.69) is 27.8 Å². The maximum absolute atomic E-state index is 11.8. The van der Waals surface area contributed by atoms with E-state index in [9.17, 15) is 9.59 Å². The van der Waals surface area contributed by atoms with E-state index in [0.29, 0.717) is 25.4 Å². The van der Waals surface area contributed by atoms with Crippen LogP contribution in [-0.2, 0) is 4.79 Å². The van der Waals surface area contributed by atoms with Gasteiger partial charge in [0, 0.05) is 24.0 Å². The number of carboxylic acid groups (broad SMARTS) is 1. The predicted molar refractivity (Wildman–Crippen MR) is 72.6 cm³/mol. The Morgan fingerprint density at radius 2 is 2.22 bits per heavy atom. The number of likely N-dealkylation sites (tertiary alicyclic amines) is 1. The number of piperidine rings is 1. The molecule has 2 N–H and O–H groups in total. The summed E-state index contributed by atoms with van der Waals surface area (Å²) in [6, 6.07) is -0.101. The van der Waals surface area contributed by atoms with Crippen LogP contribution in [0.15, 0.2) is 11.1 Å². The van der Waals surface area contributed by atoms with Crippen LogP contribution in [0.5, 0.6) is 0 Å². The van der Waals surface area contributed by atoms with E-state index in [0.717, 1.165) is 23.9 Å². The first-order valence-electron chi connectivity index (χ1n) is 6.07. The van der Waals surface area contributed by atoms with Crippen molar-refractivity contribution >= 4 is 27.9 Å². The third-order valence-corrected chi connectivity index (χ3v) is 3.28. The fourth-order valence-electron chi connectivity index (χ4n) is 2.10. The lowest BCUT2D eigenvalue weighted by Gasteiger charge is -2.32. The smallest absolute Gasteiger partial charge is 0.317 e. The van der Waals surface area contributed by atoms with Gasteiger partial charge in [-0.3, -0.25) is 4.79 Å². The molecule has 5 nitrogen and oxygen atoms in total. The molecule has 0 bridgehead atoms. The van der Waals surface area contributed by atoms with Crippen molar-refractivity contribution in [1.29, 1.82) is 0 Å². The summed E-state index contributed by atoms with van der Waals surface area (Å²) in [5.41, 5.74) is 0. The summed E-state index contributed by atoms with van der Waals surface area (Å²) in [5, 5.41) is 11.4. The van der Waals surface area contributed by atoms with Crippen LogP contribution in [0.1, 0.15) is 25.7 Å². The van der Waals surface area contributed by atoms with Crippen LogP contribution in [0.25, 0.3) is 0 Å². The minimum absolute atomic E-state index is 0.101. The van der Waals surface area contributed by atoms with Gasteiger partial charge < -0.3 is 15.3 Å². The Bertz CT molecular complexity index is 333. The van der Waals surface area contributed by atoms with Crippen LogP contribution in [-0.4, -0.2) is 41.6 Å². The van der Waals surface area contributed by atoms with Crippen LogP contribution in [0.2, 0.25) is 0 Å². The molecule has 0 aromatic carbocycles. The molecule has 0 saturated carbocycles. The second-order valence-corrected chi connectivity index (χ2v) is 5.68. The van der Waals surface area contributed by atoms with E-state index < -0.39 is 5.97 Å². The van der Waals surface area contributed by atoms with Crippen molar-refractivity contribution < 1.29 is 14.7 Å². The highest BCUT2D eigenvalue weighted by atomic mass is 79.9. The van der Waals surface area contributed by atoms with Crippen molar-refractivity contribution in [3.8, 4) is 0 Å². The summed E-state index contributed by atoms with van der Waals surface area (Å²) < 4.78 is 0.732. The molecule has 1 atom stereocenters. The second kappa shape index (κ2) is 7.41. The topological polar surface area (TPSA) is 69.6 Å². The first-order valence-corrected chi connectivity index (χ1v) is 6.86. The number of amides is 2. The number of urea groups is 1. The Kier molecular flexibility index (Phi) is 6.18. The third kappa shape index (κ3) is 5.53. The Morgan fingerprint density at radius 3 is 2.83 bits per heavy atom. The van der Waals surface area contributed by atoms with E-state index in [1.165, 1.54) is 0 Å². The molecule has 6 heteroatoms. The molecule has 0 spiro atoms. The van der Waals surface area contributed by atoms with Crippen LogP contribution in [0, 0.1) is 5.92 Å². The SMILES string of the molecule is C=C(Br)CNC(=O)N1CCCC(CCC(=O)O)C1. The number of carboxylic acids is 1. The van der Waals surface area contributed by atoms with Gasteiger partial charge in [0.05, 0.1) is 6.54 Å². The molecule has 1 heterocycles. The Morgan fingerprint density at radius 1 is 1.50 bits per heavy atom. The molecule has 1 rings (SSSR count). The van der Waals surface area contributed by atoms with E-state index in [4.69, 9.17) is 5.11 Å². The Labute approximate surface area is 115 Å². The van der Waals surface area contributed by atoms with Gasteiger partial charge in [-0.05, 0) is 25.2 Å². The standard InChI is InChI=1S/C12H19BrN2O3/c1-9(13)7-14-12(18)15-6-2-3-10(8-15)4-5-11(16)17/h10H,1-8H2,(H,14,18)(H,16,17). The van der Waals surface area contributed by atoms with E-state index in [1.54, 1.807) is 4.90 Å². The summed E-state index contributed by atoms with van der Waals surface area (Å²) >= 11 is 3.19. The zero-order chi connectivity index (χ0) is 13.5. The molecule has 18 heavy (non-hydrogen) atoms. The molecular formula is C12H19BrN2O3. The van der Waals surface area contributed by atoms with Crippen LogP contribution < -0.4 is 5.32 Å². The molecule has 1 aliphatic rings. The average Bonchev–Trinajstić information content (AvgIpc) is 2.33. The highest BCUT2D eigenvalue weighted by Gasteiger charge is 2.23. The molecule has 102 valence electrons. The van der Waals surface area contributed by atoms with Gasteiger partial charge >= 0.3 is 12.0 Å². The van der Waals surface area contributed by atoms with Crippen molar-refractivity contribution in [3.05, 3.63) is 11.1 Å². The van der Waals surface area contributed by atoms with Gasteiger partial charge in [-0.2, -0.15) is 0 Å². The molecule has 0 aromatic heterocycles. The second-order valence-electron chi connectivity index (χ2n) is 4.56. The number of rotatable bonds is 5. The largest absolute Gasteiger partial charge is 0.481 e. The lowest BCUT2D eigenvalue weighted by Crippen LogP contribution is -2.45. The number of aliphatic carboxylic acids is 1. The maximum Gasteiger partial charge on any atom is 0.317 e. The maximum atomic E-state index is 11.8. The van der Waals surface area contributed by atoms with E-state index in [-0.39, 0.29) is 12.5 Å². The van der Waals surface area contributed by atoms with Gasteiger partial charge in [0.1, 0.15) is 0 Å². The van der Waals surface area contributed by atoms with Crippen LogP contribution in [0.4, 0.5) is 4.79 Å². The number of hydrogen-bond donors (Lipinski definition) is 2. The molecule has 0 aliphatic carbocycles. The first-order chi connectivity index (χ1) is 8.49. The van der Waals surface area contributed by atoms with Gasteiger partial charge in [-0.15, -0.1) is 0 Å². The van der Waals surface area contributed by atoms with Gasteiger partial charge in [-0.25, -0.2) is 4.79 Å². The van der Waals surface area contributed by atoms with Crippen LogP contribution in [0.3, 0.4) is 0 Å². The fourth-order valence-corrected chi connectivity index (χ4v) is 2.24. The van der Waals surface area contributed by atoms with Crippen molar-refractivity contribution in [3.63, 3.8) is 0 Å². The minimum atomic E-state index is -0.771. The number of carbonyl (C=O) groups excluding carboxylic acids is 1. The lowest BCUT2D eigenvalue weighted by molar-refractivity contribution is -0.137. The highest BCUT2D eigenvalue weighted by Crippen LogP contribution is 2.21. The molecule has 1 aliphatic heterocycles. The minimum Gasteiger partial charge on any atom is -0.481 e. The molecule has 1 saturated heterocycles. The summed E-state index contributed by atoms with van der Waals surface area (Å²) in [6.07, 6.45) is 2.76. The van der Waals surface area contributed by atoms with Crippen molar-refractivity contribution in [1.82, 2.24) is 10.2 Å². The molecule has 1 fully saturated rings. The van der Waals surface area contributed by atoms with Crippen molar-refractivity contribution in [2.24, 2.45) is 5.92 Å². The third-order valence-electron chi connectivity index (χ3n) is 3.00. The zero-order valence-corrected chi connectivity index (χ0v) is 11.9. The Hall–Kier alpha value is -1.04. The van der Waals surface area contributed by atoms with E-state index >= 15 is 0 Å². The van der Waals surface area contributed by atoms with Gasteiger partial charge in [0.2, 0.25) is 0 Å². The van der Waals surface area contributed by atoms with Crippen LogP contribution >= 0.6 is 15.9 Å². The number of halogens is 1. The Balaban J connectivity index is 2.35. The quantitative estimate of drug-likeness (QED) is 0.816. The number of nitrogens with zero attached hydrogens (tertiary/aromatic N) is 1. The van der Waals surface area contributed by atoms with E-state index in [1.807, 2.05) is 0 Å². The fraction of sp³-hybridized carbons (Fsp3) is 0.667. The predicted octanol–water partition coefficient (Wildman–Crippen LogP) is 2.18. The average molecular weight is 319 g/mol. The molecule has 1 unspecified atom stereocenters. The normalized spacial score (nSPS) is 19.4. The van der Waals surface area contributed by atoms with Gasteiger partial charge in [0.15, 0.2) is 0 Å². The monoisotopic (exact) mass is 318 g/mol. The summed E-state index contributed by atoms with van der Waals surface area (Å²) in [7, 11) is 0. The zero-order valence-electron chi connectivity index (χ0n) is 10.3. The first kappa shape index (κ1) is 15.0. The number of carbonyl (C=O) groups is 2. The van der Waals surface area contributed by atoms with Gasteiger partial charge in [-0.1, -0.05) is 22.5 Å².